The molecule has 2 aliphatic rings. The van der Waals surface area contributed by atoms with Gasteiger partial charge in [-0.1, -0.05) is 42.5 Å². The topological polar surface area (TPSA) is 75.6 Å². The van der Waals surface area contributed by atoms with Gasteiger partial charge in [-0.2, -0.15) is 0 Å². The molecule has 0 aliphatic heterocycles. The van der Waals surface area contributed by atoms with E-state index in [4.69, 9.17) is 4.74 Å². The van der Waals surface area contributed by atoms with E-state index >= 15 is 0 Å². The number of nitrogens with one attached hydrogen (secondary N) is 1. The van der Waals surface area contributed by atoms with Crippen LogP contribution in [0, 0.1) is 17.8 Å². The number of amides is 1. The van der Waals surface area contributed by atoms with Gasteiger partial charge in [-0.25, -0.2) is 4.79 Å². The van der Waals surface area contributed by atoms with E-state index < -0.39 is 18.0 Å². The number of hydrogen-bond donors (Lipinski definition) is 2. The fraction of sp³-hybridized carbons (Fsp3) is 0.375. The molecule has 1 saturated carbocycles. The van der Waals surface area contributed by atoms with Gasteiger partial charge in [0.1, 0.15) is 6.61 Å². The van der Waals surface area contributed by atoms with Crippen molar-refractivity contribution in [2.75, 3.05) is 0 Å². The van der Waals surface area contributed by atoms with Gasteiger partial charge in [-0.15, -0.1) is 0 Å². The van der Waals surface area contributed by atoms with Gasteiger partial charge >= 0.3 is 12.1 Å². The number of carbonyl (C=O) groups is 2. The molecule has 0 saturated heterocycles. The molecule has 1 aromatic carbocycles. The zero-order chi connectivity index (χ0) is 14.8. The smallest absolute Gasteiger partial charge is 0.407 e. The van der Waals surface area contributed by atoms with E-state index in [0.29, 0.717) is 0 Å². The van der Waals surface area contributed by atoms with Gasteiger partial charge in [0, 0.05) is 0 Å². The van der Waals surface area contributed by atoms with Crippen LogP contribution in [0.5, 0.6) is 0 Å². The number of carbonyl (C=O) groups excluding carboxylic acids is 1. The highest BCUT2D eigenvalue weighted by molar-refractivity contribution is 5.75. The maximum absolute atomic E-state index is 11.9. The lowest BCUT2D eigenvalue weighted by atomic mass is 9.89. The Balaban J connectivity index is 1.57. The maximum Gasteiger partial charge on any atom is 0.407 e. The zero-order valence-electron chi connectivity index (χ0n) is 11.4. The number of hydrogen-bond acceptors (Lipinski definition) is 3. The minimum absolute atomic E-state index is 0.0203. The number of alkyl carbamates (subject to hydrolysis) is 1. The summed E-state index contributed by atoms with van der Waals surface area (Å²) in [7, 11) is 0. The number of ether oxygens (including phenoxy) is 1. The minimum atomic E-state index is -0.861. The summed E-state index contributed by atoms with van der Waals surface area (Å²) in [5.74, 6) is -1.29. The molecule has 21 heavy (non-hydrogen) atoms. The quantitative estimate of drug-likeness (QED) is 0.832. The molecular weight excluding hydrogens is 270 g/mol. The summed E-state index contributed by atoms with van der Waals surface area (Å²) in [6, 6.07) is 9.00. The van der Waals surface area contributed by atoms with Crippen LogP contribution in [0.2, 0.25) is 0 Å². The monoisotopic (exact) mass is 287 g/mol. The van der Waals surface area contributed by atoms with Gasteiger partial charge < -0.3 is 15.2 Å². The Morgan fingerprint density at radius 1 is 1.19 bits per heavy atom. The summed E-state index contributed by atoms with van der Waals surface area (Å²) in [6.07, 6.45) is 4.17. The lowest BCUT2D eigenvalue weighted by Gasteiger charge is -2.25. The molecule has 2 aliphatic carbocycles. The lowest BCUT2D eigenvalue weighted by molar-refractivity contribution is -0.143. The van der Waals surface area contributed by atoms with E-state index in [2.05, 4.69) is 5.32 Å². The summed E-state index contributed by atoms with van der Waals surface area (Å²) in [5.41, 5.74) is 0.898. The highest BCUT2D eigenvalue weighted by Gasteiger charge is 2.49. The molecule has 1 amide bonds. The van der Waals surface area contributed by atoms with Crippen molar-refractivity contribution in [1.82, 2.24) is 5.32 Å². The van der Waals surface area contributed by atoms with Crippen LogP contribution in [0.3, 0.4) is 0 Å². The van der Waals surface area contributed by atoms with Gasteiger partial charge in [-0.3, -0.25) is 4.79 Å². The van der Waals surface area contributed by atoms with Crippen molar-refractivity contribution in [1.29, 1.82) is 0 Å². The first kappa shape index (κ1) is 13.7. The van der Waals surface area contributed by atoms with Crippen LogP contribution in [0.4, 0.5) is 4.79 Å². The summed E-state index contributed by atoms with van der Waals surface area (Å²) in [5, 5.41) is 12.0. The van der Waals surface area contributed by atoms with Crippen LogP contribution in [-0.4, -0.2) is 23.2 Å². The van der Waals surface area contributed by atoms with Crippen molar-refractivity contribution in [3.8, 4) is 0 Å². The molecule has 5 heteroatoms. The second-order valence-corrected chi connectivity index (χ2v) is 5.54. The number of rotatable bonds is 4. The molecule has 4 atom stereocenters. The second kappa shape index (κ2) is 5.60. The van der Waals surface area contributed by atoms with Crippen LogP contribution >= 0.6 is 0 Å². The molecule has 1 fully saturated rings. The first-order chi connectivity index (χ1) is 10.1. The predicted octanol–water partition coefficient (Wildman–Crippen LogP) is 2.19. The van der Waals surface area contributed by atoms with Gasteiger partial charge in [0.25, 0.3) is 0 Å². The summed E-state index contributed by atoms with van der Waals surface area (Å²) < 4.78 is 5.16. The fourth-order valence-corrected chi connectivity index (χ4v) is 3.26. The molecule has 0 radical (unpaired) electrons. The van der Waals surface area contributed by atoms with E-state index in [-0.39, 0.29) is 24.5 Å². The molecule has 0 unspecified atom stereocenters. The normalized spacial score (nSPS) is 29.3. The van der Waals surface area contributed by atoms with Crippen LogP contribution < -0.4 is 5.32 Å². The number of carboxylic acid groups (broad SMARTS) is 1. The average molecular weight is 287 g/mol. The standard InChI is InChI=1S/C16H17NO4/c18-15(19)13-11-6-7-12(8-11)14(13)17-16(20)21-9-10-4-2-1-3-5-10/h1-7,11-14H,8-9H2,(H,17,20)(H,18,19)/t11-,12-,13+,14+/m0/s1. The van der Waals surface area contributed by atoms with Gasteiger partial charge in [-0.05, 0) is 23.8 Å². The van der Waals surface area contributed by atoms with Crippen LogP contribution in [0.15, 0.2) is 42.5 Å². The number of carboxylic acids is 1. The van der Waals surface area contributed by atoms with E-state index in [9.17, 15) is 14.7 Å². The molecular formula is C16H17NO4. The van der Waals surface area contributed by atoms with Crippen molar-refractivity contribution < 1.29 is 19.4 Å². The first-order valence-electron chi connectivity index (χ1n) is 7.03. The Bertz CT molecular complexity index is 569. The third-order valence-electron chi connectivity index (χ3n) is 4.24. The van der Waals surface area contributed by atoms with Crippen LogP contribution in [0.25, 0.3) is 0 Å². The third kappa shape index (κ3) is 2.77. The summed E-state index contributed by atoms with van der Waals surface area (Å²) in [4.78, 5) is 23.2. The zero-order valence-corrected chi connectivity index (χ0v) is 11.4. The number of benzene rings is 1. The number of fused-ring (bicyclic) bond motifs is 2. The Morgan fingerprint density at radius 2 is 1.90 bits per heavy atom. The molecule has 0 aromatic heterocycles. The van der Waals surface area contributed by atoms with E-state index in [1.165, 1.54) is 0 Å². The Kier molecular flexibility index (Phi) is 3.64. The maximum atomic E-state index is 11.9. The molecule has 2 N–H and O–H groups in total. The SMILES string of the molecule is O=C(N[C@H]1[C@H](C(=O)O)[C@H]2C=C[C@H]1C2)OCc1ccccc1. The molecule has 0 heterocycles. The lowest BCUT2D eigenvalue weighted by Crippen LogP contribution is -2.45. The third-order valence-corrected chi connectivity index (χ3v) is 4.24. The number of allylic oxidation sites excluding steroid dienone is 1. The van der Waals surface area contributed by atoms with Crippen molar-refractivity contribution in [3.05, 3.63) is 48.0 Å². The van der Waals surface area contributed by atoms with Crippen LogP contribution in [0.1, 0.15) is 12.0 Å². The van der Waals surface area contributed by atoms with Gasteiger partial charge in [0.2, 0.25) is 0 Å². The summed E-state index contributed by atoms with van der Waals surface area (Å²) >= 11 is 0. The first-order valence-corrected chi connectivity index (χ1v) is 7.03. The molecule has 3 rings (SSSR count). The van der Waals surface area contributed by atoms with E-state index in [1.54, 1.807) is 0 Å². The molecule has 1 aromatic rings. The summed E-state index contributed by atoms with van der Waals surface area (Å²) in [6.45, 7) is 0.182. The van der Waals surface area contributed by atoms with Gasteiger partial charge in [0.05, 0.1) is 12.0 Å². The van der Waals surface area contributed by atoms with Crippen molar-refractivity contribution in [2.45, 2.75) is 19.1 Å². The molecule has 2 bridgehead atoms. The largest absolute Gasteiger partial charge is 0.481 e. The van der Waals surface area contributed by atoms with Crippen molar-refractivity contribution in [2.24, 2.45) is 17.8 Å². The highest BCUT2D eigenvalue weighted by Crippen LogP contribution is 2.43. The Labute approximate surface area is 122 Å². The van der Waals surface area contributed by atoms with E-state index in [1.807, 2.05) is 42.5 Å². The van der Waals surface area contributed by atoms with Crippen molar-refractivity contribution >= 4 is 12.1 Å². The predicted molar refractivity (Wildman–Crippen MR) is 75.4 cm³/mol. The molecule has 0 spiro atoms. The Morgan fingerprint density at radius 3 is 2.62 bits per heavy atom. The minimum Gasteiger partial charge on any atom is -0.481 e. The van der Waals surface area contributed by atoms with Crippen molar-refractivity contribution in [3.63, 3.8) is 0 Å². The molecule has 5 nitrogen and oxygen atoms in total. The Hall–Kier alpha value is -2.30. The fourth-order valence-electron chi connectivity index (χ4n) is 3.26. The average Bonchev–Trinajstić information content (AvgIpc) is 3.07. The highest BCUT2D eigenvalue weighted by atomic mass is 16.5. The van der Waals surface area contributed by atoms with Crippen LogP contribution in [-0.2, 0) is 16.1 Å². The second-order valence-electron chi connectivity index (χ2n) is 5.54. The molecule has 110 valence electrons. The van der Waals surface area contributed by atoms with E-state index in [0.717, 1.165) is 12.0 Å². The number of aliphatic carboxylic acids is 1. The van der Waals surface area contributed by atoms with Gasteiger partial charge in [0.15, 0.2) is 0 Å².